The van der Waals surface area contributed by atoms with Gasteiger partial charge >= 0.3 is 5.97 Å². The molecule has 1 amide bonds. The van der Waals surface area contributed by atoms with Gasteiger partial charge in [-0.1, -0.05) is 262 Å². The number of nitrogens with one attached hydrogen (secondary N) is 1. The molecule has 0 bridgehead atoms. The maximum Gasteiger partial charge on any atom is 0.305 e. The third kappa shape index (κ3) is 53.4. The third-order valence-corrected chi connectivity index (χ3v) is 13.9. The van der Waals surface area contributed by atoms with Crippen LogP contribution in [0.15, 0.2) is 36.5 Å². The standard InChI is InChI=1S/C62H117NO5/c1-3-5-7-9-11-13-15-17-18-29-32-36-40-44-48-52-56-62(67)68-57-53-49-45-41-37-33-30-27-25-23-21-19-20-22-24-26-28-31-35-39-43-47-51-55-61(66)63-59(58-64)60(65)54-50-46-42-38-34-16-14-12-10-8-6-4-2/h18-19,21-22,24,29,59-60,64-65H,3-17,20,23,25-28,30-58H2,1-2H3,(H,63,66)/b21-19-,24-22-,29-18-. The Morgan fingerprint density at radius 2 is 0.735 bits per heavy atom. The highest BCUT2D eigenvalue weighted by Crippen LogP contribution is 2.17. The molecular formula is C62H117NO5. The van der Waals surface area contributed by atoms with Gasteiger partial charge in [-0.15, -0.1) is 0 Å². The van der Waals surface area contributed by atoms with Gasteiger partial charge in [-0.05, 0) is 83.5 Å². The zero-order valence-corrected chi connectivity index (χ0v) is 45.6. The number of esters is 1. The van der Waals surface area contributed by atoms with Crippen LogP contribution in [-0.2, 0) is 14.3 Å². The summed E-state index contributed by atoms with van der Waals surface area (Å²) >= 11 is 0. The number of amides is 1. The van der Waals surface area contributed by atoms with Gasteiger partial charge < -0.3 is 20.3 Å². The fourth-order valence-corrected chi connectivity index (χ4v) is 9.25. The number of carbonyl (C=O) groups is 2. The van der Waals surface area contributed by atoms with Crippen molar-refractivity contribution in [3.8, 4) is 0 Å². The first-order chi connectivity index (χ1) is 33.5. The molecule has 6 nitrogen and oxygen atoms in total. The summed E-state index contributed by atoms with van der Waals surface area (Å²) in [6, 6.07) is -0.548. The number of unbranched alkanes of at least 4 members (excludes halogenated alkanes) is 39. The predicted octanol–water partition coefficient (Wildman–Crippen LogP) is 18.8. The summed E-state index contributed by atoms with van der Waals surface area (Å²) in [5, 5.41) is 23.2. The number of hydrogen-bond donors (Lipinski definition) is 3. The second-order valence-corrected chi connectivity index (χ2v) is 20.7. The van der Waals surface area contributed by atoms with Crippen molar-refractivity contribution in [3.63, 3.8) is 0 Å². The van der Waals surface area contributed by atoms with E-state index in [4.69, 9.17) is 4.74 Å². The lowest BCUT2D eigenvalue weighted by molar-refractivity contribution is -0.143. The van der Waals surface area contributed by atoms with Gasteiger partial charge in [0.1, 0.15) is 0 Å². The summed E-state index contributed by atoms with van der Waals surface area (Å²) in [6.45, 7) is 4.94. The van der Waals surface area contributed by atoms with Crippen LogP contribution < -0.4 is 5.32 Å². The Morgan fingerprint density at radius 1 is 0.412 bits per heavy atom. The molecule has 0 rings (SSSR count). The molecule has 6 heteroatoms. The van der Waals surface area contributed by atoms with Gasteiger partial charge in [0.25, 0.3) is 0 Å². The molecule has 0 saturated heterocycles. The summed E-state index contributed by atoms with van der Waals surface area (Å²) in [6.07, 6.45) is 71.5. The monoisotopic (exact) mass is 956 g/mol. The van der Waals surface area contributed by atoms with E-state index in [1.807, 2.05) is 0 Å². The molecule has 0 fully saturated rings. The molecule has 2 atom stereocenters. The molecule has 0 aliphatic heterocycles. The van der Waals surface area contributed by atoms with Crippen LogP contribution in [0, 0.1) is 0 Å². The van der Waals surface area contributed by atoms with Crippen LogP contribution in [0.1, 0.15) is 322 Å². The molecule has 68 heavy (non-hydrogen) atoms. The molecule has 0 aromatic carbocycles. The Labute approximate surface area is 424 Å². The van der Waals surface area contributed by atoms with E-state index in [0.29, 0.717) is 25.9 Å². The van der Waals surface area contributed by atoms with Crippen molar-refractivity contribution in [2.45, 2.75) is 334 Å². The molecule has 2 unspecified atom stereocenters. The largest absolute Gasteiger partial charge is 0.466 e. The smallest absolute Gasteiger partial charge is 0.305 e. The lowest BCUT2D eigenvalue weighted by Crippen LogP contribution is -2.45. The zero-order chi connectivity index (χ0) is 49.3. The topological polar surface area (TPSA) is 95.9 Å². The first-order valence-electron chi connectivity index (χ1n) is 30.2. The lowest BCUT2D eigenvalue weighted by Gasteiger charge is -2.22. The maximum atomic E-state index is 12.4. The maximum absolute atomic E-state index is 12.4. The summed E-state index contributed by atoms with van der Waals surface area (Å²) in [5.41, 5.74) is 0. The molecular weight excluding hydrogens is 839 g/mol. The first-order valence-corrected chi connectivity index (χ1v) is 30.2. The zero-order valence-electron chi connectivity index (χ0n) is 45.6. The third-order valence-electron chi connectivity index (χ3n) is 13.9. The van der Waals surface area contributed by atoms with Crippen LogP contribution >= 0.6 is 0 Å². The van der Waals surface area contributed by atoms with Gasteiger partial charge in [0.2, 0.25) is 5.91 Å². The highest BCUT2D eigenvalue weighted by Gasteiger charge is 2.20. The molecule has 3 N–H and O–H groups in total. The summed E-state index contributed by atoms with van der Waals surface area (Å²) < 4.78 is 5.48. The van der Waals surface area contributed by atoms with E-state index in [2.05, 4.69) is 55.6 Å². The minimum absolute atomic E-state index is 0.000423. The van der Waals surface area contributed by atoms with Gasteiger partial charge in [0.15, 0.2) is 0 Å². The van der Waals surface area contributed by atoms with E-state index in [1.165, 1.54) is 231 Å². The van der Waals surface area contributed by atoms with Crippen molar-refractivity contribution in [1.82, 2.24) is 5.32 Å². The molecule has 0 aliphatic carbocycles. The van der Waals surface area contributed by atoms with Crippen LogP contribution in [0.4, 0.5) is 0 Å². The Hall–Kier alpha value is -1.92. The Kier molecular flexibility index (Phi) is 56.0. The number of allylic oxidation sites excluding steroid dienone is 6. The van der Waals surface area contributed by atoms with Crippen LogP contribution in [0.5, 0.6) is 0 Å². The van der Waals surface area contributed by atoms with E-state index in [0.717, 1.165) is 57.8 Å². The van der Waals surface area contributed by atoms with Crippen molar-refractivity contribution in [2.75, 3.05) is 13.2 Å². The van der Waals surface area contributed by atoms with E-state index in [9.17, 15) is 19.8 Å². The Bertz CT molecular complexity index is 1100. The van der Waals surface area contributed by atoms with Crippen LogP contribution in [0.25, 0.3) is 0 Å². The number of aliphatic hydroxyl groups is 2. The number of rotatable bonds is 56. The fraction of sp³-hybridized carbons (Fsp3) is 0.871. The molecule has 0 aliphatic rings. The van der Waals surface area contributed by atoms with E-state index in [1.54, 1.807) is 0 Å². The van der Waals surface area contributed by atoms with Gasteiger partial charge in [0, 0.05) is 12.8 Å². The first kappa shape index (κ1) is 66.1. The summed E-state index contributed by atoms with van der Waals surface area (Å²) in [4.78, 5) is 24.5. The quantitative estimate of drug-likeness (QED) is 0.0321. The van der Waals surface area contributed by atoms with Crippen LogP contribution in [-0.4, -0.2) is 47.4 Å². The second kappa shape index (κ2) is 57.7. The van der Waals surface area contributed by atoms with Gasteiger partial charge in [-0.2, -0.15) is 0 Å². The van der Waals surface area contributed by atoms with Crippen molar-refractivity contribution in [3.05, 3.63) is 36.5 Å². The molecule has 0 radical (unpaired) electrons. The van der Waals surface area contributed by atoms with E-state index in [-0.39, 0.29) is 18.5 Å². The molecule has 400 valence electrons. The van der Waals surface area contributed by atoms with Crippen molar-refractivity contribution in [2.24, 2.45) is 0 Å². The number of aliphatic hydroxyl groups excluding tert-OH is 2. The molecule has 0 aromatic rings. The van der Waals surface area contributed by atoms with Crippen LogP contribution in [0.2, 0.25) is 0 Å². The Balaban J connectivity index is 3.44. The normalized spacial score (nSPS) is 12.8. The van der Waals surface area contributed by atoms with Gasteiger partial charge in [0.05, 0.1) is 25.4 Å². The van der Waals surface area contributed by atoms with Gasteiger partial charge in [-0.25, -0.2) is 0 Å². The fourth-order valence-electron chi connectivity index (χ4n) is 9.25. The van der Waals surface area contributed by atoms with Crippen molar-refractivity contribution in [1.29, 1.82) is 0 Å². The average molecular weight is 957 g/mol. The molecule has 0 aromatic heterocycles. The predicted molar refractivity (Wildman–Crippen MR) is 296 cm³/mol. The summed E-state index contributed by atoms with van der Waals surface area (Å²) in [7, 11) is 0. The molecule has 0 heterocycles. The van der Waals surface area contributed by atoms with E-state index < -0.39 is 12.1 Å². The van der Waals surface area contributed by atoms with E-state index >= 15 is 0 Å². The molecule has 0 spiro atoms. The lowest BCUT2D eigenvalue weighted by atomic mass is 10.0. The van der Waals surface area contributed by atoms with Crippen molar-refractivity contribution >= 4 is 11.9 Å². The number of ether oxygens (including phenoxy) is 1. The van der Waals surface area contributed by atoms with Crippen molar-refractivity contribution < 1.29 is 24.5 Å². The number of carbonyl (C=O) groups excluding carboxylic acids is 2. The second-order valence-electron chi connectivity index (χ2n) is 20.7. The van der Waals surface area contributed by atoms with Gasteiger partial charge in [-0.3, -0.25) is 9.59 Å². The Morgan fingerprint density at radius 3 is 1.13 bits per heavy atom. The highest BCUT2D eigenvalue weighted by atomic mass is 16.5. The minimum atomic E-state index is -0.670. The van der Waals surface area contributed by atoms with Crippen LogP contribution in [0.3, 0.4) is 0 Å². The summed E-state index contributed by atoms with van der Waals surface area (Å²) in [5.74, 6) is -0.0462. The SMILES string of the molecule is CCCCCCCCC/C=C\CCCCCCCC(=O)OCCCCCCCCCCC/C=C\C/C=C\CCCCCCCCCC(=O)NC(CO)C(O)CCCCCCCCCCCCCC. The molecule has 0 saturated carbocycles. The average Bonchev–Trinajstić information content (AvgIpc) is 3.34. The minimum Gasteiger partial charge on any atom is -0.466 e. The highest BCUT2D eigenvalue weighted by molar-refractivity contribution is 5.76. The number of hydrogen-bond acceptors (Lipinski definition) is 5.